The summed E-state index contributed by atoms with van der Waals surface area (Å²) in [4.78, 5) is 4.09. The van der Waals surface area contributed by atoms with Crippen molar-refractivity contribution < 1.29 is 4.74 Å². The number of hydrogen-bond donors (Lipinski definition) is 1. The van der Waals surface area contributed by atoms with Crippen LogP contribution in [0, 0.1) is 0 Å². The molecule has 0 bridgehead atoms. The molecular weight excluding hydrogens is 212 g/mol. The molecule has 1 aromatic heterocycles. The first-order valence-electron chi connectivity index (χ1n) is 6.03. The molecule has 0 unspecified atom stereocenters. The van der Waals surface area contributed by atoms with Crippen LogP contribution in [0.25, 0.3) is 0 Å². The van der Waals surface area contributed by atoms with Crippen LogP contribution in [0.15, 0.2) is 30.6 Å². The van der Waals surface area contributed by atoms with Gasteiger partial charge in [0.15, 0.2) is 0 Å². The Balaban J connectivity index is 2.54. The van der Waals surface area contributed by atoms with Gasteiger partial charge in [-0.25, -0.2) is 0 Å². The lowest BCUT2D eigenvalue weighted by atomic mass is 10.2. The smallest absolute Gasteiger partial charge is 0.142 e. The van der Waals surface area contributed by atoms with Crippen LogP contribution in [0.4, 0.5) is 0 Å². The molecule has 94 valence electrons. The zero-order chi connectivity index (χ0) is 12.7. The standard InChI is InChI=1S/C14H22N2O/c1-11(2)6-8-17-14-10-15-7-5-13(14)9-16-12(3)4/h5,7,10,12,16H,1,6,8-9H2,2-4H3. The van der Waals surface area contributed by atoms with Gasteiger partial charge in [-0.15, -0.1) is 6.58 Å². The van der Waals surface area contributed by atoms with Crippen molar-refractivity contribution in [1.29, 1.82) is 0 Å². The number of hydrogen-bond acceptors (Lipinski definition) is 3. The number of nitrogens with one attached hydrogen (secondary N) is 1. The average molecular weight is 234 g/mol. The molecule has 0 spiro atoms. The molecule has 0 atom stereocenters. The topological polar surface area (TPSA) is 34.1 Å². The van der Waals surface area contributed by atoms with Gasteiger partial charge in [0.05, 0.1) is 12.8 Å². The predicted octanol–water partition coefficient (Wildman–Crippen LogP) is 2.92. The molecule has 17 heavy (non-hydrogen) atoms. The molecule has 1 rings (SSSR count). The van der Waals surface area contributed by atoms with Crippen molar-refractivity contribution in [3.05, 3.63) is 36.2 Å². The van der Waals surface area contributed by atoms with Crippen molar-refractivity contribution in [3.8, 4) is 5.75 Å². The van der Waals surface area contributed by atoms with Gasteiger partial charge >= 0.3 is 0 Å². The first-order chi connectivity index (χ1) is 8.09. The number of ether oxygens (including phenoxy) is 1. The van der Waals surface area contributed by atoms with Gasteiger partial charge in [0.2, 0.25) is 0 Å². The number of rotatable bonds is 7. The van der Waals surface area contributed by atoms with Crippen LogP contribution < -0.4 is 10.1 Å². The molecule has 0 aliphatic heterocycles. The molecule has 1 heterocycles. The largest absolute Gasteiger partial charge is 0.491 e. The van der Waals surface area contributed by atoms with Crippen LogP contribution in [-0.4, -0.2) is 17.6 Å². The van der Waals surface area contributed by atoms with E-state index in [4.69, 9.17) is 4.74 Å². The summed E-state index contributed by atoms with van der Waals surface area (Å²) in [5.74, 6) is 0.863. The van der Waals surface area contributed by atoms with Gasteiger partial charge in [-0.05, 0) is 13.0 Å². The molecule has 0 amide bonds. The molecular formula is C14H22N2O. The quantitative estimate of drug-likeness (QED) is 0.737. The van der Waals surface area contributed by atoms with E-state index in [0.717, 1.165) is 29.9 Å². The van der Waals surface area contributed by atoms with Crippen molar-refractivity contribution in [2.24, 2.45) is 0 Å². The van der Waals surface area contributed by atoms with Crippen molar-refractivity contribution in [2.75, 3.05) is 6.61 Å². The minimum atomic E-state index is 0.464. The Morgan fingerprint density at radius 3 is 2.94 bits per heavy atom. The zero-order valence-electron chi connectivity index (χ0n) is 11.0. The lowest BCUT2D eigenvalue weighted by Crippen LogP contribution is -2.22. The third-order valence-corrected chi connectivity index (χ3v) is 2.36. The fourth-order valence-electron chi connectivity index (χ4n) is 1.33. The van der Waals surface area contributed by atoms with E-state index in [9.17, 15) is 0 Å². The second-order valence-electron chi connectivity index (χ2n) is 4.57. The molecule has 0 aliphatic carbocycles. The minimum Gasteiger partial charge on any atom is -0.491 e. The van der Waals surface area contributed by atoms with E-state index in [1.54, 1.807) is 12.4 Å². The molecule has 0 aliphatic rings. The van der Waals surface area contributed by atoms with E-state index in [-0.39, 0.29) is 0 Å². The lowest BCUT2D eigenvalue weighted by Gasteiger charge is -2.13. The Morgan fingerprint density at radius 2 is 2.29 bits per heavy atom. The van der Waals surface area contributed by atoms with Crippen molar-refractivity contribution >= 4 is 0 Å². The van der Waals surface area contributed by atoms with Crippen LogP contribution in [0.2, 0.25) is 0 Å². The van der Waals surface area contributed by atoms with E-state index in [1.807, 2.05) is 13.0 Å². The zero-order valence-corrected chi connectivity index (χ0v) is 11.0. The summed E-state index contributed by atoms with van der Waals surface area (Å²) in [6, 6.07) is 2.46. The summed E-state index contributed by atoms with van der Waals surface area (Å²) in [5.41, 5.74) is 2.28. The SMILES string of the molecule is C=C(C)CCOc1cnccc1CNC(C)C. The summed E-state index contributed by atoms with van der Waals surface area (Å²) >= 11 is 0. The van der Waals surface area contributed by atoms with Crippen LogP contribution in [-0.2, 0) is 6.54 Å². The highest BCUT2D eigenvalue weighted by atomic mass is 16.5. The fourth-order valence-corrected chi connectivity index (χ4v) is 1.33. The Hall–Kier alpha value is -1.35. The molecule has 0 aromatic carbocycles. The first kappa shape index (κ1) is 13.7. The molecule has 0 saturated carbocycles. The van der Waals surface area contributed by atoms with Crippen LogP contribution in [0.3, 0.4) is 0 Å². The van der Waals surface area contributed by atoms with Gasteiger partial charge in [0, 0.05) is 30.8 Å². The Bertz CT molecular complexity index is 361. The first-order valence-corrected chi connectivity index (χ1v) is 6.03. The van der Waals surface area contributed by atoms with Crippen molar-refractivity contribution in [1.82, 2.24) is 10.3 Å². The summed E-state index contributed by atoms with van der Waals surface area (Å²) < 4.78 is 5.72. The van der Waals surface area contributed by atoms with E-state index < -0.39 is 0 Å². The number of nitrogens with zero attached hydrogens (tertiary/aromatic N) is 1. The molecule has 0 radical (unpaired) electrons. The Morgan fingerprint density at radius 1 is 1.53 bits per heavy atom. The highest BCUT2D eigenvalue weighted by Crippen LogP contribution is 2.17. The second kappa shape index (κ2) is 7.07. The van der Waals surface area contributed by atoms with Gasteiger partial charge in [-0.3, -0.25) is 4.98 Å². The van der Waals surface area contributed by atoms with Crippen molar-refractivity contribution in [2.45, 2.75) is 39.8 Å². The second-order valence-corrected chi connectivity index (χ2v) is 4.57. The molecule has 0 saturated heterocycles. The maximum absolute atomic E-state index is 5.72. The number of aromatic nitrogens is 1. The van der Waals surface area contributed by atoms with Crippen LogP contribution >= 0.6 is 0 Å². The fraction of sp³-hybridized carbons (Fsp3) is 0.500. The van der Waals surface area contributed by atoms with E-state index in [2.05, 4.69) is 30.7 Å². The third kappa shape index (κ3) is 5.50. The van der Waals surface area contributed by atoms with E-state index in [0.29, 0.717) is 12.6 Å². The molecule has 0 fully saturated rings. The number of pyridine rings is 1. The Kier molecular flexibility index (Phi) is 5.70. The van der Waals surface area contributed by atoms with Gasteiger partial charge in [0.25, 0.3) is 0 Å². The third-order valence-electron chi connectivity index (χ3n) is 2.36. The van der Waals surface area contributed by atoms with Gasteiger partial charge in [0.1, 0.15) is 5.75 Å². The van der Waals surface area contributed by atoms with Crippen LogP contribution in [0.1, 0.15) is 32.8 Å². The summed E-state index contributed by atoms with van der Waals surface area (Å²) in [5, 5.41) is 3.38. The molecule has 3 nitrogen and oxygen atoms in total. The van der Waals surface area contributed by atoms with Gasteiger partial charge in [-0.2, -0.15) is 0 Å². The highest BCUT2D eigenvalue weighted by molar-refractivity contribution is 5.29. The normalized spacial score (nSPS) is 10.6. The highest BCUT2D eigenvalue weighted by Gasteiger charge is 2.04. The predicted molar refractivity (Wildman–Crippen MR) is 71.1 cm³/mol. The molecule has 1 N–H and O–H groups in total. The van der Waals surface area contributed by atoms with Crippen molar-refractivity contribution in [3.63, 3.8) is 0 Å². The summed E-state index contributed by atoms with van der Waals surface area (Å²) in [6.45, 7) is 11.6. The molecule has 3 heteroatoms. The van der Waals surface area contributed by atoms with Gasteiger partial charge in [-0.1, -0.05) is 19.4 Å². The van der Waals surface area contributed by atoms with E-state index >= 15 is 0 Å². The Labute approximate surface area is 104 Å². The van der Waals surface area contributed by atoms with Crippen LogP contribution in [0.5, 0.6) is 5.75 Å². The van der Waals surface area contributed by atoms with E-state index in [1.165, 1.54) is 0 Å². The maximum Gasteiger partial charge on any atom is 0.142 e. The maximum atomic E-state index is 5.72. The van der Waals surface area contributed by atoms with Gasteiger partial charge < -0.3 is 10.1 Å². The monoisotopic (exact) mass is 234 g/mol. The minimum absolute atomic E-state index is 0.464. The summed E-state index contributed by atoms with van der Waals surface area (Å²) in [6.07, 6.45) is 4.45. The average Bonchev–Trinajstić information content (AvgIpc) is 2.27. The lowest BCUT2D eigenvalue weighted by molar-refractivity contribution is 0.316. The summed E-state index contributed by atoms with van der Waals surface area (Å²) in [7, 11) is 0. The molecule has 1 aromatic rings.